The zero-order valence-corrected chi connectivity index (χ0v) is 22.1. The quantitative estimate of drug-likeness (QED) is 0.248. The number of benzene rings is 1. The van der Waals surface area contributed by atoms with Crippen LogP contribution in [-0.4, -0.2) is 55.4 Å². The van der Waals surface area contributed by atoms with Crippen molar-refractivity contribution in [3.63, 3.8) is 0 Å². The van der Waals surface area contributed by atoms with E-state index >= 15 is 0 Å². The number of methoxy groups -OCH3 is 1. The highest BCUT2D eigenvalue weighted by atomic mass is 19.4. The molecule has 1 aliphatic heterocycles. The Morgan fingerprint density at radius 2 is 1.76 bits per heavy atom. The van der Waals surface area contributed by atoms with Gasteiger partial charge in [-0.2, -0.15) is 22.0 Å². The first-order valence-corrected chi connectivity index (χ1v) is 12.3. The Kier molecular flexibility index (Phi) is 6.62. The molecule has 220 valence electrons. The maximum absolute atomic E-state index is 13.8. The number of nitrogens with two attached hydrogens (primary N) is 1. The number of rotatable bonds is 6. The van der Waals surface area contributed by atoms with E-state index in [1.54, 1.807) is 6.92 Å². The molecule has 1 aromatic carbocycles. The average Bonchev–Trinajstić information content (AvgIpc) is 3.39. The van der Waals surface area contributed by atoms with Gasteiger partial charge in [0.25, 0.3) is 0 Å². The van der Waals surface area contributed by atoms with Gasteiger partial charge < -0.3 is 15.8 Å². The number of nitrogen functional groups attached to an aromatic ring is 1. The second-order valence-electron chi connectivity index (χ2n) is 9.75. The van der Waals surface area contributed by atoms with Gasteiger partial charge in [0, 0.05) is 12.6 Å². The first-order chi connectivity index (χ1) is 19.6. The van der Waals surface area contributed by atoms with Crippen LogP contribution in [0.1, 0.15) is 46.3 Å². The van der Waals surface area contributed by atoms with Gasteiger partial charge in [-0.05, 0) is 38.0 Å². The number of hydrogen-bond acceptors (Lipinski definition) is 8. The standard InChI is InChI=1S/C26H21F6N7O3/c1-11-17(22(40)42-3)39-10-15(35-14(21(39)34-11)8-9-25(28,29)26(30,31)32)19-36-18(33)16-20(37-19)38-23(41)24(16,2)12-4-6-13(27)7-5-12/h4-7,10H,8-9H2,1-3H3,(H3,33,36,37,38,41). The van der Waals surface area contributed by atoms with Crippen LogP contribution >= 0.6 is 0 Å². The summed E-state index contributed by atoms with van der Waals surface area (Å²) in [4.78, 5) is 42.5. The number of nitrogens with zero attached hydrogens (tertiary/aromatic N) is 5. The third-order valence-electron chi connectivity index (χ3n) is 7.09. The molecule has 42 heavy (non-hydrogen) atoms. The van der Waals surface area contributed by atoms with Crippen molar-refractivity contribution < 1.29 is 40.7 Å². The third-order valence-corrected chi connectivity index (χ3v) is 7.09. The Morgan fingerprint density at radius 1 is 1.10 bits per heavy atom. The Hall–Kier alpha value is -4.76. The molecule has 1 amide bonds. The van der Waals surface area contributed by atoms with E-state index in [4.69, 9.17) is 10.5 Å². The summed E-state index contributed by atoms with van der Waals surface area (Å²) >= 11 is 0. The summed E-state index contributed by atoms with van der Waals surface area (Å²) < 4.78 is 85.8. The molecule has 4 heterocycles. The van der Waals surface area contributed by atoms with Crippen molar-refractivity contribution in [1.29, 1.82) is 0 Å². The van der Waals surface area contributed by atoms with Gasteiger partial charge in [0.05, 0.1) is 24.1 Å². The second-order valence-corrected chi connectivity index (χ2v) is 9.75. The largest absolute Gasteiger partial charge is 0.464 e. The van der Waals surface area contributed by atoms with E-state index in [2.05, 4.69) is 25.3 Å². The lowest BCUT2D eigenvalue weighted by molar-refractivity contribution is -0.284. The van der Waals surface area contributed by atoms with Gasteiger partial charge in [0.1, 0.15) is 28.6 Å². The van der Waals surface area contributed by atoms with E-state index < -0.39 is 48.0 Å². The van der Waals surface area contributed by atoms with Crippen molar-refractivity contribution in [3.8, 4) is 11.5 Å². The van der Waals surface area contributed by atoms with Crippen LogP contribution in [0.15, 0.2) is 30.5 Å². The lowest BCUT2D eigenvalue weighted by atomic mass is 9.78. The highest BCUT2D eigenvalue weighted by Crippen LogP contribution is 2.45. The van der Waals surface area contributed by atoms with E-state index in [-0.39, 0.29) is 51.4 Å². The summed E-state index contributed by atoms with van der Waals surface area (Å²) in [5, 5.41) is 2.60. The number of hydrogen-bond donors (Lipinski definition) is 2. The van der Waals surface area contributed by atoms with E-state index in [0.717, 1.165) is 11.5 Å². The normalized spacial score (nSPS) is 16.9. The van der Waals surface area contributed by atoms with E-state index in [0.29, 0.717) is 5.56 Å². The highest BCUT2D eigenvalue weighted by molar-refractivity contribution is 6.09. The fourth-order valence-corrected chi connectivity index (χ4v) is 4.84. The molecule has 1 aliphatic rings. The Morgan fingerprint density at radius 3 is 2.38 bits per heavy atom. The van der Waals surface area contributed by atoms with Crippen LogP contribution in [0.2, 0.25) is 0 Å². The van der Waals surface area contributed by atoms with Gasteiger partial charge in [-0.15, -0.1) is 0 Å². The number of amides is 1. The van der Waals surface area contributed by atoms with Gasteiger partial charge in [-0.1, -0.05) is 12.1 Å². The number of fused-ring (bicyclic) bond motifs is 2. The molecule has 0 aliphatic carbocycles. The summed E-state index contributed by atoms with van der Waals surface area (Å²) in [6.07, 6.45) is -7.11. The number of carbonyl (C=O) groups is 2. The highest BCUT2D eigenvalue weighted by Gasteiger charge is 2.56. The number of nitrogens with one attached hydrogen (secondary N) is 1. The van der Waals surface area contributed by atoms with Crippen LogP contribution < -0.4 is 11.1 Å². The fourth-order valence-electron chi connectivity index (χ4n) is 4.84. The van der Waals surface area contributed by atoms with E-state index in [1.165, 1.54) is 37.4 Å². The smallest absolute Gasteiger partial charge is 0.453 e. The molecule has 0 saturated carbocycles. The molecule has 0 spiro atoms. The van der Waals surface area contributed by atoms with Crippen LogP contribution in [0.3, 0.4) is 0 Å². The topological polar surface area (TPSA) is 137 Å². The number of esters is 1. The molecule has 10 nitrogen and oxygen atoms in total. The molecule has 16 heteroatoms. The van der Waals surface area contributed by atoms with Crippen molar-refractivity contribution in [1.82, 2.24) is 24.3 Å². The summed E-state index contributed by atoms with van der Waals surface area (Å²) in [6.45, 7) is 2.96. The van der Waals surface area contributed by atoms with Gasteiger partial charge in [0.2, 0.25) is 5.91 Å². The van der Waals surface area contributed by atoms with Gasteiger partial charge in [-0.25, -0.2) is 29.1 Å². The number of ether oxygens (including phenoxy) is 1. The summed E-state index contributed by atoms with van der Waals surface area (Å²) in [5.41, 5.74) is 4.78. The minimum absolute atomic E-state index is 0.0172. The molecule has 1 unspecified atom stereocenters. The van der Waals surface area contributed by atoms with Crippen LogP contribution in [0.25, 0.3) is 17.2 Å². The number of halogens is 6. The maximum Gasteiger partial charge on any atom is 0.453 e. The minimum Gasteiger partial charge on any atom is -0.464 e. The molecule has 0 radical (unpaired) electrons. The van der Waals surface area contributed by atoms with E-state index in [9.17, 15) is 35.9 Å². The number of alkyl halides is 5. The zero-order valence-electron chi connectivity index (χ0n) is 22.1. The van der Waals surface area contributed by atoms with Gasteiger partial charge >= 0.3 is 18.1 Å². The summed E-state index contributed by atoms with van der Waals surface area (Å²) in [5.74, 6) is -7.38. The van der Waals surface area contributed by atoms with Crippen LogP contribution in [0, 0.1) is 12.7 Å². The average molecular weight is 593 g/mol. The number of aryl methyl sites for hydroxylation is 2. The monoisotopic (exact) mass is 593 g/mol. The first-order valence-electron chi connectivity index (χ1n) is 12.3. The van der Waals surface area contributed by atoms with Crippen LogP contribution in [0.4, 0.5) is 38.0 Å². The molecule has 0 bridgehead atoms. The lowest BCUT2D eigenvalue weighted by Crippen LogP contribution is -2.36. The maximum atomic E-state index is 13.8. The lowest BCUT2D eigenvalue weighted by Gasteiger charge is -2.23. The second kappa shape index (κ2) is 9.66. The zero-order chi connectivity index (χ0) is 30.8. The van der Waals surface area contributed by atoms with E-state index in [1.807, 2.05) is 0 Å². The molecule has 0 fully saturated rings. The van der Waals surface area contributed by atoms with Crippen molar-refractivity contribution >= 4 is 29.2 Å². The number of anilines is 2. The SMILES string of the molecule is COC(=O)c1c(C)nc2c(CCC(F)(F)C(F)(F)F)nc(-c3nc(N)c4c(n3)NC(=O)C4(C)c3ccc(F)cc3)cn12. The Bertz CT molecular complexity index is 1750. The van der Waals surface area contributed by atoms with Crippen molar-refractivity contribution in [2.24, 2.45) is 0 Å². The first kappa shape index (κ1) is 28.8. The molecule has 3 aromatic heterocycles. The Balaban J connectivity index is 1.67. The molecule has 5 rings (SSSR count). The minimum atomic E-state index is -5.80. The predicted octanol–water partition coefficient (Wildman–Crippen LogP) is 4.39. The molecule has 0 saturated heterocycles. The molecular formula is C26H21F6N7O3. The van der Waals surface area contributed by atoms with Crippen LogP contribution in [-0.2, 0) is 21.4 Å². The molecular weight excluding hydrogens is 572 g/mol. The van der Waals surface area contributed by atoms with Gasteiger partial charge in [-0.3, -0.25) is 9.20 Å². The van der Waals surface area contributed by atoms with Crippen LogP contribution in [0.5, 0.6) is 0 Å². The number of carbonyl (C=O) groups excluding carboxylic acids is 2. The Labute approximate surface area is 233 Å². The summed E-state index contributed by atoms with van der Waals surface area (Å²) in [7, 11) is 1.10. The molecule has 4 aromatic rings. The fraction of sp³-hybridized carbons (Fsp3) is 0.308. The number of aromatic nitrogens is 5. The van der Waals surface area contributed by atoms with Crippen molar-refractivity contribution in [2.45, 2.75) is 44.2 Å². The van der Waals surface area contributed by atoms with Gasteiger partial charge in [0.15, 0.2) is 17.2 Å². The summed E-state index contributed by atoms with van der Waals surface area (Å²) in [6, 6.07) is 5.16. The van der Waals surface area contributed by atoms with Crippen molar-refractivity contribution in [2.75, 3.05) is 18.2 Å². The van der Waals surface area contributed by atoms with Crippen molar-refractivity contribution in [3.05, 3.63) is 64.5 Å². The predicted molar refractivity (Wildman–Crippen MR) is 135 cm³/mol. The molecule has 1 atom stereocenters. The third kappa shape index (κ3) is 4.46. The number of imidazole rings is 1. The molecule has 3 N–H and O–H groups in total.